The van der Waals surface area contributed by atoms with E-state index in [0.717, 1.165) is 4.31 Å². The Kier molecular flexibility index (Phi) is 7.56. The van der Waals surface area contributed by atoms with Gasteiger partial charge in [-0.25, -0.2) is 12.8 Å². The molecular weight excluding hydrogens is 486 g/mol. The van der Waals surface area contributed by atoms with Gasteiger partial charge in [0.05, 0.1) is 17.1 Å². The summed E-state index contributed by atoms with van der Waals surface area (Å²) in [6.07, 6.45) is 0. The predicted octanol–water partition coefficient (Wildman–Crippen LogP) is 5.62. The first-order valence-corrected chi connectivity index (χ1v) is 11.5. The number of hydrogen-bond donors (Lipinski definition) is 1. The maximum Gasteiger partial charge on any atom is 0.243 e. The Hall–Kier alpha value is -2.16. The zero-order chi connectivity index (χ0) is 22.6. The van der Waals surface area contributed by atoms with E-state index >= 15 is 0 Å². The molecule has 10 heteroatoms. The SMILES string of the molecule is O=C(CN(Cc1c(Cl)cccc1Cl)S(=O)(=O)c1ccc(Cl)cc1)Nc1ccccc1F. The average Bonchev–Trinajstić information content (AvgIpc) is 2.72. The number of sulfonamides is 1. The number of hydrogen-bond acceptors (Lipinski definition) is 3. The molecule has 0 atom stereocenters. The molecule has 0 aliphatic carbocycles. The second-order valence-electron chi connectivity index (χ2n) is 6.46. The van der Waals surface area contributed by atoms with E-state index in [2.05, 4.69) is 5.32 Å². The number of rotatable bonds is 7. The van der Waals surface area contributed by atoms with Crippen molar-refractivity contribution in [1.82, 2.24) is 4.31 Å². The molecule has 1 N–H and O–H groups in total. The quantitative estimate of drug-likeness (QED) is 0.457. The van der Waals surface area contributed by atoms with Gasteiger partial charge in [-0.3, -0.25) is 4.79 Å². The average molecular weight is 502 g/mol. The number of carbonyl (C=O) groups excluding carboxylic acids is 1. The van der Waals surface area contributed by atoms with Gasteiger partial charge in [0.2, 0.25) is 15.9 Å². The minimum Gasteiger partial charge on any atom is -0.322 e. The molecule has 3 aromatic carbocycles. The summed E-state index contributed by atoms with van der Waals surface area (Å²) in [5, 5.41) is 3.24. The largest absolute Gasteiger partial charge is 0.322 e. The molecule has 0 unspecified atom stereocenters. The summed E-state index contributed by atoms with van der Waals surface area (Å²) in [4.78, 5) is 12.5. The summed E-state index contributed by atoms with van der Waals surface area (Å²) in [6, 6.07) is 15.8. The number of nitrogens with one attached hydrogen (secondary N) is 1. The monoisotopic (exact) mass is 500 g/mol. The summed E-state index contributed by atoms with van der Waals surface area (Å²) < 4.78 is 41.3. The summed E-state index contributed by atoms with van der Waals surface area (Å²) >= 11 is 18.3. The van der Waals surface area contributed by atoms with Crippen LogP contribution >= 0.6 is 34.8 Å². The van der Waals surface area contributed by atoms with Gasteiger partial charge in [-0.05, 0) is 48.5 Å². The van der Waals surface area contributed by atoms with Crippen LogP contribution in [0.1, 0.15) is 5.56 Å². The van der Waals surface area contributed by atoms with Crippen molar-refractivity contribution in [3.63, 3.8) is 0 Å². The van der Waals surface area contributed by atoms with Crippen molar-refractivity contribution >= 4 is 56.4 Å². The predicted molar refractivity (Wildman–Crippen MR) is 121 cm³/mol. The van der Waals surface area contributed by atoms with E-state index in [4.69, 9.17) is 34.8 Å². The molecule has 3 rings (SSSR count). The second kappa shape index (κ2) is 9.97. The van der Waals surface area contributed by atoms with E-state index in [-0.39, 0.29) is 27.2 Å². The number of para-hydroxylation sites is 1. The molecule has 31 heavy (non-hydrogen) atoms. The van der Waals surface area contributed by atoms with Gasteiger partial charge in [0.15, 0.2) is 0 Å². The molecule has 162 valence electrons. The molecule has 5 nitrogen and oxygen atoms in total. The lowest BCUT2D eigenvalue weighted by molar-refractivity contribution is -0.116. The standard InChI is InChI=1S/C21H16Cl3FN2O3S/c22-14-8-10-15(11-9-14)31(29,30)27(12-16-17(23)4-3-5-18(16)24)13-21(28)26-20-7-2-1-6-19(20)25/h1-11H,12-13H2,(H,26,28). The van der Waals surface area contributed by atoms with Crippen LogP contribution in [0.4, 0.5) is 10.1 Å². The molecule has 0 radical (unpaired) electrons. The molecule has 0 aliphatic rings. The molecule has 0 heterocycles. The Morgan fingerprint density at radius 1 is 0.903 bits per heavy atom. The molecule has 0 saturated carbocycles. The lowest BCUT2D eigenvalue weighted by atomic mass is 10.2. The highest BCUT2D eigenvalue weighted by Crippen LogP contribution is 2.28. The number of nitrogens with zero attached hydrogens (tertiary/aromatic N) is 1. The van der Waals surface area contributed by atoms with Gasteiger partial charge in [-0.1, -0.05) is 53.0 Å². The third-order valence-electron chi connectivity index (χ3n) is 4.32. The van der Waals surface area contributed by atoms with E-state index < -0.39 is 28.3 Å². The van der Waals surface area contributed by atoms with Gasteiger partial charge in [0, 0.05) is 27.2 Å². The van der Waals surface area contributed by atoms with E-state index in [1.807, 2.05) is 0 Å². The van der Waals surface area contributed by atoms with Crippen LogP contribution in [0, 0.1) is 5.82 Å². The zero-order valence-corrected chi connectivity index (χ0v) is 18.9. The molecule has 0 fully saturated rings. The molecule has 0 aliphatic heterocycles. The highest BCUT2D eigenvalue weighted by molar-refractivity contribution is 7.89. The lowest BCUT2D eigenvalue weighted by Crippen LogP contribution is -2.37. The molecular formula is C21H16Cl3FN2O3S. The van der Waals surface area contributed by atoms with E-state index in [9.17, 15) is 17.6 Å². The first-order chi connectivity index (χ1) is 14.7. The van der Waals surface area contributed by atoms with Crippen LogP contribution in [0.15, 0.2) is 71.6 Å². The lowest BCUT2D eigenvalue weighted by Gasteiger charge is -2.23. The van der Waals surface area contributed by atoms with E-state index in [0.29, 0.717) is 10.6 Å². The number of anilines is 1. The molecule has 3 aromatic rings. The zero-order valence-electron chi connectivity index (χ0n) is 15.9. The van der Waals surface area contributed by atoms with Crippen molar-refractivity contribution in [3.8, 4) is 0 Å². The van der Waals surface area contributed by atoms with Gasteiger partial charge < -0.3 is 5.32 Å². The number of carbonyl (C=O) groups is 1. The van der Waals surface area contributed by atoms with Gasteiger partial charge in [0.25, 0.3) is 0 Å². The van der Waals surface area contributed by atoms with Crippen molar-refractivity contribution in [2.45, 2.75) is 11.4 Å². The van der Waals surface area contributed by atoms with Gasteiger partial charge in [0.1, 0.15) is 5.82 Å². The van der Waals surface area contributed by atoms with Crippen LogP contribution in [0.5, 0.6) is 0 Å². The van der Waals surface area contributed by atoms with Gasteiger partial charge >= 0.3 is 0 Å². The Labute approximate surface area is 194 Å². The molecule has 0 bridgehead atoms. The number of amides is 1. The topological polar surface area (TPSA) is 66.5 Å². The van der Waals surface area contributed by atoms with Crippen molar-refractivity contribution in [3.05, 3.63) is 93.2 Å². The van der Waals surface area contributed by atoms with E-state index in [1.165, 1.54) is 42.5 Å². The first kappa shape index (κ1) is 23.5. The van der Waals surface area contributed by atoms with Crippen molar-refractivity contribution < 1.29 is 17.6 Å². The van der Waals surface area contributed by atoms with Crippen LogP contribution in [0.25, 0.3) is 0 Å². The Morgan fingerprint density at radius 3 is 2.13 bits per heavy atom. The van der Waals surface area contributed by atoms with E-state index in [1.54, 1.807) is 24.3 Å². The number of halogens is 4. The van der Waals surface area contributed by atoms with Crippen LogP contribution in [-0.4, -0.2) is 25.2 Å². The molecule has 0 spiro atoms. The van der Waals surface area contributed by atoms with Crippen molar-refractivity contribution in [2.75, 3.05) is 11.9 Å². The van der Waals surface area contributed by atoms with Gasteiger partial charge in [-0.15, -0.1) is 0 Å². The summed E-state index contributed by atoms with van der Waals surface area (Å²) in [5.74, 6) is -1.37. The highest BCUT2D eigenvalue weighted by Gasteiger charge is 2.28. The molecule has 0 aromatic heterocycles. The molecule has 1 amide bonds. The second-order valence-corrected chi connectivity index (χ2v) is 9.64. The van der Waals surface area contributed by atoms with Crippen LogP contribution < -0.4 is 5.32 Å². The summed E-state index contributed by atoms with van der Waals surface area (Å²) in [7, 11) is -4.14. The third-order valence-corrected chi connectivity index (χ3v) is 7.08. The maximum atomic E-state index is 13.9. The summed E-state index contributed by atoms with van der Waals surface area (Å²) in [5.41, 5.74) is 0.272. The van der Waals surface area contributed by atoms with Crippen molar-refractivity contribution in [1.29, 1.82) is 0 Å². The first-order valence-electron chi connectivity index (χ1n) is 8.91. The van der Waals surface area contributed by atoms with Crippen LogP contribution in [0.3, 0.4) is 0 Å². The fourth-order valence-electron chi connectivity index (χ4n) is 2.75. The van der Waals surface area contributed by atoms with Crippen molar-refractivity contribution in [2.24, 2.45) is 0 Å². The maximum absolute atomic E-state index is 13.9. The van der Waals surface area contributed by atoms with Gasteiger partial charge in [-0.2, -0.15) is 4.31 Å². The minimum atomic E-state index is -4.14. The van der Waals surface area contributed by atoms with Crippen LogP contribution in [0.2, 0.25) is 15.1 Å². The number of benzene rings is 3. The summed E-state index contributed by atoms with van der Waals surface area (Å²) in [6.45, 7) is -0.866. The third kappa shape index (κ3) is 5.75. The molecule has 0 saturated heterocycles. The Bertz CT molecular complexity index is 1180. The highest BCUT2D eigenvalue weighted by atomic mass is 35.5. The van der Waals surface area contributed by atoms with Crippen LogP contribution in [-0.2, 0) is 21.4 Å². The minimum absolute atomic E-state index is 0.0629. The smallest absolute Gasteiger partial charge is 0.243 e. The normalized spacial score (nSPS) is 11.5. The fourth-order valence-corrected chi connectivity index (χ4v) is 4.76. The Balaban J connectivity index is 1.94. The fraction of sp³-hybridized carbons (Fsp3) is 0.0952. The Morgan fingerprint density at radius 2 is 1.52 bits per heavy atom.